The largest absolute Gasteiger partial charge is 0.508 e. The molecule has 0 atom stereocenters. The molecule has 0 aliphatic rings. The average molecular weight is 351 g/mol. The Morgan fingerprint density at radius 1 is 0.792 bits per heavy atom. The van der Waals surface area contributed by atoms with Crippen LogP contribution in [0.1, 0.15) is 11.1 Å². The van der Waals surface area contributed by atoms with E-state index in [0.717, 1.165) is 24.3 Å². The zero-order valence-corrected chi connectivity index (χ0v) is 11.8. The number of phenols is 1. The third-order valence-electron chi connectivity index (χ3n) is 3.53. The second kappa shape index (κ2) is 5.90. The molecule has 3 N–H and O–H groups in total. The van der Waals surface area contributed by atoms with Crippen molar-refractivity contribution < 1.29 is 36.3 Å². The van der Waals surface area contributed by atoms with E-state index in [-0.39, 0.29) is 5.75 Å². The topological polar surface area (TPSA) is 55.5 Å². The van der Waals surface area contributed by atoms with Gasteiger partial charge in [-0.2, -0.15) is 32.2 Å². The Morgan fingerprint density at radius 3 is 1.75 bits per heavy atom. The number of halogens is 6. The number of benzene rings is 2. The Bertz CT molecular complexity index is 712. The minimum Gasteiger partial charge on any atom is -0.508 e. The van der Waals surface area contributed by atoms with E-state index in [1.165, 1.54) is 0 Å². The molecule has 0 bridgehead atoms. The Morgan fingerprint density at radius 2 is 1.29 bits per heavy atom. The van der Waals surface area contributed by atoms with Crippen LogP contribution in [0.5, 0.6) is 11.5 Å². The van der Waals surface area contributed by atoms with Crippen LogP contribution in [0.15, 0.2) is 48.5 Å². The maximum Gasteiger partial charge on any atom is 0.411 e. The molecular formula is C15H11F6NO2. The van der Waals surface area contributed by atoms with Crippen molar-refractivity contribution in [2.24, 2.45) is 5.90 Å². The third kappa shape index (κ3) is 2.75. The van der Waals surface area contributed by atoms with E-state index in [4.69, 9.17) is 5.90 Å². The van der Waals surface area contributed by atoms with Crippen molar-refractivity contribution in [1.29, 1.82) is 0 Å². The van der Waals surface area contributed by atoms with Crippen molar-refractivity contribution in [3.05, 3.63) is 59.7 Å². The molecule has 0 radical (unpaired) electrons. The summed E-state index contributed by atoms with van der Waals surface area (Å²) in [6, 6.07) is 6.27. The van der Waals surface area contributed by atoms with E-state index < -0.39 is 34.6 Å². The lowest BCUT2D eigenvalue weighted by Gasteiger charge is -2.38. The van der Waals surface area contributed by atoms with E-state index in [1.54, 1.807) is 0 Å². The maximum atomic E-state index is 13.7. The van der Waals surface area contributed by atoms with Gasteiger partial charge in [-0.25, -0.2) is 0 Å². The molecule has 0 unspecified atom stereocenters. The molecule has 130 valence electrons. The second-order valence-electron chi connectivity index (χ2n) is 4.94. The molecule has 0 saturated carbocycles. The highest BCUT2D eigenvalue weighted by atomic mass is 19.4. The minimum atomic E-state index is -5.74. The molecular weight excluding hydrogens is 340 g/mol. The summed E-state index contributed by atoms with van der Waals surface area (Å²) in [5.74, 6) is 3.75. The van der Waals surface area contributed by atoms with Crippen molar-refractivity contribution in [2.75, 3.05) is 0 Å². The zero-order chi connectivity index (χ0) is 18.2. The van der Waals surface area contributed by atoms with Gasteiger partial charge < -0.3 is 9.94 Å². The summed E-state index contributed by atoms with van der Waals surface area (Å²) in [4.78, 5) is 4.25. The number of hydrogen-bond donors (Lipinski definition) is 2. The van der Waals surface area contributed by atoms with Gasteiger partial charge in [0.05, 0.1) is 0 Å². The van der Waals surface area contributed by atoms with Crippen LogP contribution in [0, 0.1) is 0 Å². The lowest BCUT2D eigenvalue weighted by Crippen LogP contribution is -2.54. The van der Waals surface area contributed by atoms with Crippen LogP contribution in [0.4, 0.5) is 26.3 Å². The Balaban J connectivity index is 2.92. The van der Waals surface area contributed by atoms with Crippen LogP contribution in [0.3, 0.4) is 0 Å². The fourth-order valence-electron chi connectivity index (χ4n) is 2.52. The van der Waals surface area contributed by atoms with E-state index >= 15 is 0 Å². The molecule has 0 aliphatic heterocycles. The molecule has 0 fully saturated rings. The van der Waals surface area contributed by atoms with Crippen molar-refractivity contribution in [3.63, 3.8) is 0 Å². The first kappa shape index (κ1) is 17.9. The first-order valence-corrected chi connectivity index (χ1v) is 6.44. The summed E-state index contributed by atoms with van der Waals surface area (Å²) in [6.45, 7) is 0. The predicted octanol–water partition coefficient (Wildman–Crippen LogP) is 4.06. The molecule has 0 amide bonds. The number of nitrogens with two attached hydrogens (primary N) is 1. The van der Waals surface area contributed by atoms with Gasteiger partial charge in [0.15, 0.2) is 0 Å². The molecule has 9 heteroatoms. The molecule has 24 heavy (non-hydrogen) atoms. The average Bonchev–Trinajstić information content (AvgIpc) is 2.45. The van der Waals surface area contributed by atoms with E-state index in [0.29, 0.717) is 24.3 Å². The number of phenolic OH excluding ortho intramolecular Hbond substituents is 1. The van der Waals surface area contributed by atoms with E-state index in [1.807, 2.05) is 0 Å². The van der Waals surface area contributed by atoms with E-state index in [2.05, 4.69) is 4.84 Å². The highest BCUT2D eigenvalue weighted by Gasteiger charge is 2.72. The van der Waals surface area contributed by atoms with Gasteiger partial charge in [-0.15, -0.1) is 0 Å². The second-order valence-corrected chi connectivity index (χ2v) is 4.94. The molecule has 0 aromatic heterocycles. The monoisotopic (exact) mass is 351 g/mol. The number of hydrogen-bond acceptors (Lipinski definition) is 3. The molecule has 0 aliphatic carbocycles. The lowest BCUT2D eigenvalue weighted by atomic mass is 9.73. The summed E-state index contributed by atoms with van der Waals surface area (Å²) in [7, 11) is 0. The number of aromatic hydroxyl groups is 1. The Labute approximate surface area is 132 Å². The summed E-state index contributed by atoms with van der Waals surface area (Å²) in [5.41, 5.74) is -6.65. The molecule has 2 aromatic carbocycles. The van der Waals surface area contributed by atoms with Crippen LogP contribution >= 0.6 is 0 Å². The number of alkyl halides is 6. The first-order chi connectivity index (χ1) is 11.0. The van der Waals surface area contributed by atoms with Crippen molar-refractivity contribution in [2.45, 2.75) is 17.8 Å². The van der Waals surface area contributed by atoms with Crippen LogP contribution in [0.2, 0.25) is 0 Å². The standard InChI is InChI=1S/C15H11F6NO2/c16-14(17,18)13(15(19,20)21,9-3-1-5-11(23)7-9)10-4-2-6-12(8-10)24-22/h1-8,23H,22H2. The van der Waals surface area contributed by atoms with Gasteiger partial charge in [-0.05, 0) is 35.4 Å². The number of rotatable bonds is 3. The maximum absolute atomic E-state index is 13.7. The smallest absolute Gasteiger partial charge is 0.411 e. The first-order valence-electron chi connectivity index (χ1n) is 6.44. The third-order valence-corrected chi connectivity index (χ3v) is 3.53. The van der Waals surface area contributed by atoms with Gasteiger partial charge in [0.25, 0.3) is 0 Å². The van der Waals surface area contributed by atoms with Crippen LogP contribution < -0.4 is 10.7 Å². The van der Waals surface area contributed by atoms with E-state index in [9.17, 15) is 31.4 Å². The van der Waals surface area contributed by atoms with Crippen LogP contribution in [0.25, 0.3) is 0 Å². The summed E-state index contributed by atoms with van der Waals surface area (Å²) in [5, 5.41) is 9.38. The van der Waals surface area contributed by atoms with Gasteiger partial charge in [0, 0.05) is 0 Å². The van der Waals surface area contributed by atoms with Gasteiger partial charge in [-0.1, -0.05) is 24.3 Å². The quantitative estimate of drug-likeness (QED) is 0.648. The van der Waals surface area contributed by atoms with Crippen molar-refractivity contribution >= 4 is 0 Å². The highest BCUT2D eigenvalue weighted by molar-refractivity contribution is 5.48. The summed E-state index contributed by atoms with van der Waals surface area (Å²) in [6.07, 6.45) is -11.5. The van der Waals surface area contributed by atoms with Gasteiger partial charge >= 0.3 is 12.4 Å². The molecule has 0 saturated heterocycles. The SMILES string of the molecule is NOc1cccc(C(c2cccc(O)c2)(C(F)(F)F)C(F)(F)F)c1. The lowest BCUT2D eigenvalue weighted by molar-refractivity contribution is -0.288. The normalized spacial score (nSPS) is 13.0. The zero-order valence-electron chi connectivity index (χ0n) is 11.8. The van der Waals surface area contributed by atoms with Gasteiger partial charge in [0.1, 0.15) is 11.5 Å². The molecule has 0 spiro atoms. The van der Waals surface area contributed by atoms with Crippen LogP contribution in [-0.4, -0.2) is 17.5 Å². The molecule has 2 rings (SSSR count). The van der Waals surface area contributed by atoms with Crippen LogP contribution in [-0.2, 0) is 5.41 Å². The Hall–Kier alpha value is -2.42. The molecule has 0 heterocycles. The molecule has 3 nitrogen and oxygen atoms in total. The molecule has 2 aromatic rings. The van der Waals surface area contributed by atoms with Gasteiger partial charge in [-0.3, -0.25) is 0 Å². The summed E-state index contributed by atoms with van der Waals surface area (Å²) >= 11 is 0. The van der Waals surface area contributed by atoms with Crippen molar-refractivity contribution in [3.8, 4) is 11.5 Å². The fourth-order valence-corrected chi connectivity index (χ4v) is 2.52. The fraction of sp³-hybridized carbons (Fsp3) is 0.200. The predicted molar refractivity (Wildman–Crippen MR) is 72.3 cm³/mol. The Kier molecular flexibility index (Phi) is 4.40. The summed E-state index contributed by atoms with van der Waals surface area (Å²) < 4.78 is 82.4. The minimum absolute atomic E-state index is 0.370. The van der Waals surface area contributed by atoms with Crippen molar-refractivity contribution in [1.82, 2.24) is 0 Å². The van der Waals surface area contributed by atoms with Gasteiger partial charge in [0.2, 0.25) is 5.41 Å². The highest BCUT2D eigenvalue weighted by Crippen LogP contribution is 2.56.